The van der Waals surface area contributed by atoms with E-state index in [2.05, 4.69) is 19.1 Å². The summed E-state index contributed by atoms with van der Waals surface area (Å²) in [5.74, 6) is 0.211. The maximum atomic E-state index is 12.6. The van der Waals surface area contributed by atoms with Crippen LogP contribution in [0.2, 0.25) is 0 Å². The molecular formula is C27H44O7P2. The Balaban J connectivity index is 0.000000360. The Morgan fingerprint density at radius 1 is 0.694 bits per heavy atom. The lowest BCUT2D eigenvalue weighted by atomic mass is 10.1. The summed E-state index contributed by atoms with van der Waals surface area (Å²) < 4.78 is 46.4. The molecular weight excluding hydrogens is 498 g/mol. The van der Waals surface area contributed by atoms with Crippen LogP contribution < -0.4 is 0 Å². The molecule has 2 aromatic rings. The van der Waals surface area contributed by atoms with Gasteiger partial charge in [0.2, 0.25) is 0 Å². The number of benzene rings is 2. The molecule has 2 unspecified atom stereocenters. The summed E-state index contributed by atoms with van der Waals surface area (Å²) >= 11 is 0. The molecule has 0 aliphatic rings. The molecule has 0 bridgehead atoms. The van der Waals surface area contributed by atoms with Gasteiger partial charge >= 0.3 is 15.2 Å². The first kappa shape index (κ1) is 32.6. The van der Waals surface area contributed by atoms with Gasteiger partial charge < -0.3 is 23.2 Å². The summed E-state index contributed by atoms with van der Waals surface area (Å²) in [6, 6.07) is 15.2. The van der Waals surface area contributed by atoms with Crippen LogP contribution in [0.15, 0.2) is 48.5 Å². The van der Waals surface area contributed by atoms with Crippen LogP contribution in [0.25, 0.3) is 0 Å². The SMILES string of the molecule is CCOP(=O)(OCC)C(C)Cc1cccc(C)c1.CCOP(=O)(OCC)C(C)Cc1cccc(O)c1. The highest BCUT2D eigenvalue weighted by Gasteiger charge is 2.32. The highest BCUT2D eigenvalue weighted by molar-refractivity contribution is 7.54. The molecule has 0 spiro atoms. The van der Waals surface area contributed by atoms with E-state index in [-0.39, 0.29) is 17.1 Å². The smallest absolute Gasteiger partial charge is 0.333 e. The maximum absolute atomic E-state index is 12.6. The lowest BCUT2D eigenvalue weighted by molar-refractivity contribution is 0.212. The van der Waals surface area contributed by atoms with E-state index in [0.717, 1.165) is 5.56 Å². The number of aromatic hydroxyl groups is 1. The van der Waals surface area contributed by atoms with Crippen LogP contribution in [0.5, 0.6) is 5.75 Å². The van der Waals surface area contributed by atoms with Crippen LogP contribution in [0, 0.1) is 6.92 Å². The molecule has 0 fully saturated rings. The second kappa shape index (κ2) is 16.4. The molecule has 0 saturated carbocycles. The molecule has 36 heavy (non-hydrogen) atoms. The van der Waals surface area contributed by atoms with Gasteiger partial charge in [0.05, 0.1) is 37.7 Å². The zero-order chi connectivity index (χ0) is 27.2. The van der Waals surface area contributed by atoms with Crippen molar-refractivity contribution >= 4 is 15.2 Å². The van der Waals surface area contributed by atoms with E-state index in [9.17, 15) is 14.2 Å². The van der Waals surface area contributed by atoms with Gasteiger partial charge in [-0.2, -0.15) is 0 Å². The number of rotatable bonds is 14. The monoisotopic (exact) mass is 542 g/mol. The molecule has 2 aromatic carbocycles. The van der Waals surface area contributed by atoms with Gasteiger partial charge in [0, 0.05) is 0 Å². The van der Waals surface area contributed by atoms with Gasteiger partial charge in [0.1, 0.15) is 5.75 Å². The minimum Gasteiger partial charge on any atom is -0.508 e. The first-order valence-corrected chi connectivity index (χ1v) is 15.9. The number of hydrogen-bond donors (Lipinski definition) is 1. The first-order valence-electron chi connectivity index (χ1n) is 12.6. The fourth-order valence-electron chi connectivity index (χ4n) is 3.73. The highest BCUT2D eigenvalue weighted by atomic mass is 31.2. The van der Waals surface area contributed by atoms with Crippen molar-refractivity contribution < 1.29 is 32.3 Å². The Morgan fingerprint density at radius 3 is 1.44 bits per heavy atom. The summed E-state index contributed by atoms with van der Waals surface area (Å²) in [6.07, 6.45) is 1.25. The van der Waals surface area contributed by atoms with Crippen molar-refractivity contribution in [2.45, 2.75) is 72.6 Å². The van der Waals surface area contributed by atoms with Gasteiger partial charge in [-0.25, -0.2) is 0 Å². The van der Waals surface area contributed by atoms with E-state index in [1.54, 1.807) is 32.0 Å². The molecule has 0 heterocycles. The van der Waals surface area contributed by atoms with Crippen molar-refractivity contribution in [3.63, 3.8) is 0 Å². The Labute approximate surface area is 217 Å². The van der Waals surface area contributed by atoms with Crippen LogP contribution in [0.4, 0.5) is 0 Å². The second-order valence-corrected chi connectivity index (χ2v) is 13.5. The Bertz CT molecular complexity index is 896. The first-order chi connectivity index (χ1) is 17.0. The molecule has 1 N–H and O–H groups in total. The lowest BCUT2D eigenvalue weighted by Gasteiger charge is -2.23. The third kappa shape index (κ3) is 10.9. The van der Waals surface area contributed by atoms with E-state index >= 15 is 0 Å². The number of phenolic OH excluding ortho intramolecular Hbond substituents is 1. The zero-order valence-electron chi connectivity index (χ0n) is 22.8. The second-order valence-electron chi connectivity index (χ2n) is 8.52. The van der Waals surface area contributed by atoms with Crippen LogP contribution >= 0.6 is 15.2 Å². The largest absolute Gasteiger partial charge is 0.508 e. The van der Waals surface area contributed by atoms with Crippen molar-refractivity contribution in [1.29, 1.82) is 0 Å². The highest BCUT2D eigenvalue weighted by Crippen LogP contribution is 2.54. The molecule has 204 valence electrons. The van der Waals surface area contributed by atoms with E-state index in [0.29, 0.717) is 39.3 Å². The van der Waals surface area contributed by atoms with Crippen molar-refractivity contribution in [2.75, 3.05) is 26.4 Å². The maximum Gasteiger partial charge on any atom is 0.333 e. The molecule has 0 amide bonds. The molecule has 0 saturated heterocycles. The minimum atomic E-state index is -3.07. The molecule has 0 aromatic heterocycles. The normalized spacial score (nSPS) is 13.5. The molecule has 9 heteroatoms. The molecule has 2 atom stereocenters. The number of hydrogen-bond acceptors (Lipinski definition) is 7. The van der Waals surface area contributed by atoms with E-state index < -0.39 is 15.2 Å². The molecule has 0 aliphatic carbocycles. The fraction of sp³-hybridized carbons (Fsp3) is 0.556. The molecule has 0 radical (unpaired) electrons. The van der Waals surface area contributed by atoms with Crippen molar-refractivity contribution in [1.82, 2.24) is 0 Å². The van der Waals surface area contributed by atoms with Gasteiger partial charge in [-0.05, 0) is 70.7 Å². The van der Waals surface area contributed by atoms with Crippen LogP contribution in [-0.2, 0) is 40.1 Å². The Morgan fingerprint density at radius 2 is 1.08 bits per heavy atom. The van der Waals surface area contributed by atoms with Crippen molar-refractivity contribution in [3.05, 3.63) is 65.2 Å². The predicted octanol–water partition coefficient (Wildman–Crippen LogP) is 7.78. The standard InChI is InChI=1S/C14H23O3P.C13H21O4P/c1-5-16-18(15,17-6-2)13(4)11-14-9-7-8-12(3)10-14;1-4-16-18(15,17-5-2)11(3)9-12-7-6-8-13(14)10-12/h7-10,13H,5-6,11H2,1-4H3;6-8,10-11,14H,4-5,9H2,1-3H3. The van der Waals surface area contributed by atoms with Gasteiger partial charge in [-0.15, -0.1) is 0 Å². The molecule has 2 rings (SSSR count). The van der Waals surface area contributed by atoms with E-state index in [1.807, 2.05) is 45.9 Å². The fourth-order valence-corrected chi connectivity index (χ4v) is 7.21. The van der Waals surface area contributed by atoms with Gasteiger partial charge in [-0.1, -0.05) is 55.8 Å². The van der Waals surface area contributed by atoms with Crippen LogP contribution in [0.3, 0.4) is 0 Å². The van der Waals surface area contributed by atoms with Crippen molar-refractivity contribution in [2.24, 2.45) is 0 Å². The Hall–Kier alpha value is -1.46. The van der Waals surface area contributed by atoms with E-state index in [1.165, 1.54) is 11.1 Å². The third-order valence-corrected chi connectivity index (χ3v) is 10.4. The topological polar surface area (TPSA) is 91.3 Å². The van der Waals surface area contributed by atoms with Crippen LogP contribution in [-0.4, -0.2) is 42.9 Å². The summed E-state index contributed by atoms with van der Waals surface area (Å²) in [5.41, 5.74) is 2.94. The predicted molar refractivity (Wildman–Crippen MR) is 147 cm³/mol. The molecule has 0 aliphatic heterocycles. The average Bonchev–Trinajstić information content (AvgIpc) is 2.80. The minimum absolute atomic E-state index is 0.126. The van der Waals surface area contributed by atoms with Crippen molar-refractivity contribution in [3.8, 4) is 5.75 Å². The Kier molecular flexibility index (Phi) is 14.8. The van der Waals surface area contributed by atoms with E-state index in [4.69, 9.17) is 18.1 Å². The quantitative estimate of drug-likeness (QED) is 0.244. The number of aryl methyl sites for hydroxylation is 1. The summed E-state index contributed by atoms with van der Waals surface area (Å²) in [6.45, 7) is 14.6. The lowest BCUT2D eigenvalue weighted by Crippen LogP contribution is -2.12. The van der Waals surface area contributed by atoms with Crippen LogP contribution in [0.1, 0.15) is 58.2 Å². The van der Waals surface area contributed by atoms with Gasteiger partial charge in [0.25, 0.3) is 0 Å². The third-order valence-electron chi connectivity index (χ3n) is 5.37. The molecule has 7 nitrogen and oxygen atoms in total. The summed E-state index contributed by atoms with van der Waals surface area (Å²) in [4.78, 5) is 0. The number of phenols is 1. The van der Waals surface area contributed by atoms with Gasteiger partial charge in [0.15, 0.2) is 0 Å². The van der Waals surface area contributed by atoms with Gasteiger partial charge in [-0.3, -0.25) is 9.13 Å². The summed E-state index contributed by atoms with van der Waals surface area (Å²) in [7, 11) is -6.06. The summed E-state index contributed by atoms with van der Waals surface area (Å²) in [5, 5.41) is 9.40. The average molecular weight is 543 g/mol. The zero-order valence-corrected chi connectivity index (χ0v) is 24.6.